The average Bonchev–Trinajstić information content (AvgIpc) is 2.68. The summed E-state index contributed by atoms with van der Waals surface area (Å²) in [4.78, 5) is 24.5. The second-order valence-electron chi connectivity index (χ2n) is 7.26. The zero-order valence-electron chi connectivity index (χ0n) is 15.7. The van der Waals surface area contributed by atoms with E-state index in [0.29, 0.717) is 5.56 Å². The lowest BCUT2D eigenvalue weighted by Crippen LogP contribution is -2.26. The van der Waals surface area contributed by atoms with E-state index >= 15 is 0 Å². The molecule has 0 atom stereocenters. The van der Waals surface area contributed by atoms with E-state index in [1.807, 2.05) is 12.1 Å². The molecule has 1 fully saturated rings. The maximum absolute atomic E-state index is 12.8. The van der Waals surface area contributed by atoms with Crippen LogP contribution in [0.5, 0.6) is 5.75 Å². The van der Waals surface area contributed by atoms with Gasteiger partial charge in [0, 0.05) is 16.0 Å². The van der Waals surface area contributed by atoms with Crippen LogP contribution in [0.25, 0.3) is 0 Å². The lowest BCUT2D eigenvalue weighted by molar-refractivity contribution is 0.0696. The Balaban J connectivity index is 1.84. The van der Waals surface area contributed by atoms with E-state index in [9.17, 15) is 9.59 Å². The molecule has 0 bridgehead atoms. The molecule has 0 amide bonds. The number of carboxylic acid groups (broad SMARTS) is 1. The molecule has 0 unspecified atom stereocenters. The molecule has 5 heteroatoms. The topological polar surface area (TPSA) is 63.6 Å². The fourth-order valence-electron chi connectivity index (χ4n) is 3.74. The van der Waals surface area contributed by atoms with Crippen molar-refractivity contribution in [2.45, 2.75) is 49.3 Å². The monoisotopic (exact) mass is 384 g/mol. The molecule has 0 saturated heterocycles. The molecule has 2 aromatic rings. The number of methoxy groups -OCH3 is 1. The maximum Gasteiger partial charge on any atom is 0.335 e. The van der Waals surface area contributed by atoms with E-state index in [0.717, 1.165) is 40.8 Å². The smallest absolute Gasteiger partial charge is 0.335 e. The third-order valence-corrected chi connectivity index (χ3v) is 6.28. The van der Waals surface area contributed by atoms with E-state index in [1.165, 1.54) is 31.4 Å². The number of thioether (sulfide) groups is 1. The molecule has 1 aliphatic carbocycles. The number of hydrogen-bond donors (Lipinski definition) is 1. The van der Waals surface area contributed by atoms with Crippen molar-refractivity contribution in [1.29, 1.82) is 0 Å². The maximum atomic E-state index is 12.8. The van der Waals surface area contributed by atoms with Gasteiger partial charge in [0.2, 0.25) is 5.12 Å². The number of benzene rings is 2. The number of carbonyl (C=O) groups excluding carboxylic acids is 1. The van der Waals surface area contributed by atoms with Gasteiger partial charge in [-0.15, -0.1) is 0 Å². The Labute approximate surface area is 163 Å². The fraction of sp³-hybridized carbons (Fsp3) is 0.364. The first-order valence-electron chi connectivity index (χ1n) is 9.17. The number of ether oxygens (including phenoxy) is 1. The van der Waals surface area contributed by atoms with Crippen molar-refractivity contribution in [1.82, 2.24) is 0 Å². The highest BCUT2D eigenvalue weighted by Crippen LogP contribution is 2.43. The molecule has 142 valence electrons. The summed E-state index contributed by atoms with van der Waals surface area (Å²) in [5.41, 5.74) is 2.00. The summed E-state index contributed by atoms with van der Waals surface area (Å²) in [5.74, 6) is -0.134. The Morgan fingerprint density at radius 3 is 2.22 bits per heavy atom. The molecule has 1 N–H and O–H groups in total. The van der Waals surface area contributed by atoms with Crippen LogP contribution in [-0.2, 0) is 5.41 Å². The minimum atomic E-state index is -0.974. The van der Waals surface area contributed by atoms with Gasteiger partial charge >= 0.3 is 5.97 Å². The van der Waals surface area contributed by atoms with Gasteiger partial charge in [0.15, 0.2) is 0 Å². The third-order valence-electron chi connectivity index (χ3n) is 5.35. The highest BCUT2D eigenvalue weighted by Gasteiger charge is 2.32. The van der Waals surface area contributed by atoms with Gasteiger partial charge in [0.1, 0.15) is 5.75 Å². The molecule has 27 heavy (non-hydrogen) atoms. The summed E-state index contributed by atoms with van der Waals surface area (Å²) in [6.45, 7) is 2.26. The van der Waals surface area contributed by atoms with E-state index < -0.39 is 5.97 Å². The van der Waals surface area contributed by atoms with E-state index in [4.69, 9.17) is 9.84 Å². The standard InChI is InChI=1S/C22H24O4S/c1-22(12-4-3-5-13-22)18-14-16(8-11-19(18)26-2)21(25)27-17-9-6-15(7-10-17)20(23)24/h6-11,14H,3-5,12-13H2,1-2H3,(H,23,24). The Morgan fingerprint density at radius 1 is 1.00 bits per heavy atom. The largest absolute Gasteiger partial charge is 0.496 e. The molecule has 2 aromatic carbocycles. The molecule has 0 aromatic heterocycles. The van der Waals surface area contributed by atoms with Crippen LogP contribution in [0.1, 0.15) is 65.3 Å². The fourth-order valence-corrected chi connectivity index (χ4v) is 4.47. The second kappa shape index (κ2) is 8.17. The van der Waals surface area contributed by atoms with Crippen molar-refractivity contribution >= 4 is 22.8 Å². The van der Waals surface area contributed by atoms with Crippen LogP contribution in [0.15, 0.2) is 47.4 Å². The van der Waals surface area contributed by atoms with E-state index in [2.05, 4.69) is 6.92 Å². The summed E-state index contributed by atoms with van der Waals surface area (Å²) < 4.78 is 5.58. The molecule has 0 radical (unpaired) electrons. The lowest BCUT2D eigenvalue weighted by Gasteiger charge is -2.35. The molecule has 1 saturated carbocycles. The highest BCUT2D eigenvalue weighted by molar-refractivity contribution is 8.14. The van der Waals surface area contributed by atoms with Gasteiger partial charge in [-0.2, -0.15) is 0 Å². The summed E-state index contributed by atoms with van der Waals surface area (Å²) >= 11 is 1.11. The Morgan fingerprint density at radius 2 is 1.63 bits per heavy atom. The molecule has 1 aliphatic rings. The number of carbonyl (C=O) groups is 2. The van der Waals surface area contributed by atoms with Crippen molar-refractivity contribution in [3.05, 3.63) is 59.2 Å². The quantitative estimate of drug-likeness (QED) is 0.685. The molecule has 0 heterocycles. The van der Waals surface area contributed by atoms with Crippen LogP contribution in [0.2, 0.25) is 0 Å². The van der Waals surface area contributed by atoms with Gasteiger partial charge in [-0.3, -0.25) is 4.79 Å². The predicted octanol–water partition coefficient (Wildman–Crippen LogP) is 5.55. The Kier molecular flexibility index (Phi) is 5.90. The number of hydrogen-bond acceptors (Lipinski definition) is 4. The number of rotatable bonds is 5. The van der Waals surface area contributed by atoms with Crippen LogP contribution in [-0.4, -0.2) is 23.3 Å². The Bertz CT molecular complexity index is 836. The average molecular weight is 384 g/mol. The van der Waals surface area contributed by atoms with Crippen LogP contribution in [0.4, 0.5) is 0 Å². The molecule has 3 rings (SSSR count). The lowest BCUT2D eigenvalue weighted by atomic mass is 9.70. The van der Waals surface area contributed by atoms with Gasteiger partial charge < -0.3 is 9.84 Å². The number of carboxylic acids is 1. The highest BCUT2D eigenvalue weighted by atomic mass is 32.2. The molecule has 4 nitrogen and oxygen atoms in total. The van der Waals surface area contributed by atoms with E-state index in [-0.39, 0.29) is 16.1 Å². The van der Waals surface area contributed by atoms with Crippen molar-refractivity contribution in [3.8, 4) is 5.75 Å². The predicted molar refractivity (Wildman–Crippen MR) is 107 cm³/mol. The number of aromatic carboxylic acids is 1. The van der Waals surface area contributed by atoms with Gasteiger partial charge in [0.05, 0.1) is 12.7 Å². The van der Waals surface area contributed by atoms with Gasteiger partial charge in [-0.1, -0.05) is 26.2 Å². The van der Waals surface area contributed by atoms with Gasteiger partial charge in [0.25, 0.3) is 0 Å². The first kappa shape index (κ1) is 19.5. The summed E-state index contributed by atoms with van der Waals surface area (Å²) in [6, 6.07) is 12.0. The van der Waals surface area contributed by atoms with Crippen LogP contribution >= 0.6 is 11.8 Å². The van der Waals surface area contributed by atoms with Crippen molar-refractivity contribution in [2.24, 2.45) is 0 Å². The van der Waals surface area contributed by atoms with Crippen LogP contribution < -0.4 is 4.74 Å². The molecular formula is C22H24O4S. The minimum absolute atomic E-state index is 0.0354. The van der Waals surface area contributed by atoms with Gasteiger partial charge in [-0.25, -0.2) is 4.79 Å². The van der Waals surface area contributed by atoms with Crippen molar-refractivity contribution < 1.29 is 19.4 Å². The Hall–Kier alpha value is -2.27. The zero-order valence-corrected chi connectivity index (χ0v) is 16.5. The summed E-state index contributed by atoms with van der Waals surface area (Å²) in [5, 5.41) is 8.92. The first-order valence-corrected chi connectivity index (χ1v) is 9.99. The molecule has 0 spiro atoms. The zero-order chi connectivity index (χ0) is 19.4. The van der Waals surface area contributed by atoms with Gasteiger partial charge in [-0.05, 0) is 72.5 Å². The van der Waals surface area contributed by atoms with Crippen molar-refractivity contribution in [2.75, 3.05) is 7.11 Å². The first-order chi connectivity index (χ1) is 12.9. The normalized spacial score (nSPS) is 15.9. The third kappa shape index (κ3) is 4.35. The van der Waals surface area contributed by atoms with Crippen LogP contribution in [0, 0.1) is 0 Å². The van der Waals surface area contributed by atoms with E-state index in [1.54, 1.807) is 25.3 Å². The SMILES string of the molecule is COc1ccc(C(=O)Sc2ccc(C(=O)O)cc2)cc1C1(C)CCCCC1. The second-order valence-corrected chi connectivity index (χ2v) is 8.30. The molecule has 0 aliphatic heterocycles. The van der Waals surface area contributed by atoms with Crippen molar-refractivity contribution in [3.63, 3.8) is 0 Å². The molecular weight excluding hydrogens is 360 g/mol. The summed E-state index contributed by atoms with van der Waals surface area (Å²) in [6.07, 6.45) is 5.86. The summed E-state index contributed by atoms with van der Waals surface area (Å²) in [7, 11) is 1.67. The minimum Gasteiger partial charge on any atom is -0.496 e. The van der Waals surface area contributed by atoms with Crippen LogP contribution in [0.3, 0.4) is 0 Å².